The molecular weight excluding hydrogens is 323 g/mol. The lowest BCUT2D eigenvalue weighted by atomic mass is 10.0. The van der Waals surface area contributed by atoms with Gasteiger partial charge in [0.1, 0.15) is 0 Å². The third-order valence-electron chi connectivity index (χ3n) is 4.20. The van der Waals surface area contributed by atoms with Gasteiger partial charge >= 0.3 is 6.18 Å². The molecule has 8 heteroatoms. The second-order valence-electron chi connectivity index (χ2n) is 5.89. The Balaban J connectivity index is 1.90. The Morgan fingerprint density at radius 1 is 1.25 bits per heavy atom. The molecule has 0 fully saturated rings. The molecule has 0 unspecified atom stereocenters. The topological polar surface area (TPSA) is 58.4 Å². The van der Waals surface area contributed by atoms with Crippen LogP contribution in [0.2, 0.25) is 0 Å². The summed E-state index contributed by atoms with van der Waals surface area (Å²) in [4.78, 5) is 17.5. The maximum atomic E-state index is 12.9. The van der Waals surface area contributed by atoms with Gasteiger partial charge in [-0.3, -0.25) is 4.79 Å². The first kappa shape index (κ1) is 16.5. The van der Waals surface area contributed by atoms with Crippen molar-refractivity contribution in [1.29, 1.82) is 0 Å². The predicted octanol–water partition coefficient (Wildman–Crippen LogP) is 2.07. The second-order valence-corrected chi connectivity index (χ2v) is 5.89. The van der Waals surface area contributed by atoms with Gasteiger partial charge in [0.05, 0.1) is 24.3 Å². The van der Waals surface area contributed by atoms with Gasteiger partial charge in [-0.25, -0.2) is 4.98 Å². The Morgan fingerprint density at radius 3 is 2.54 bits per heavy atom. The molecule has 1 aromatic heterocycles. The number of alkyl halides is 3. The van der Waals surface area contributed by atoms with Crippen LogP contribution in [0.4, 0.5) is 13.2 Å². The summed E-state index contributed by atoms with van der Waals surface area (Å²) in [5.41, 5.74) is -1.20. The molecule has 0 radical (unpaired) electrons. The van der Waals surface area contributed by atoms with Gasteiger partial charge in [-0.1, -0.05) is 18.2 Å². The van der Waals surface area contributed by atoms with Crippen LogP contribution in [0.25, 0.3) is 5.69 Å². The van der Waals surface area contributed by atoms with E-state index >= 15 is 0 Å². The zero-order chi connectivity index (χ0) is 17.5. The summed E-state index contributed by atoms with van der Waals surface area (Å²) in [5, 5.41) is 9.62. The molecule has 1 aromatic carbocycles. The van der Waals surface area contributed by atoms with Gasteiger partial charge in [0.15, 0.2) is 0 Å². The summed E-state index contributed by atoms with van der Waals surface area (Å²) in [5.74, 6) is -1.35. The van der Waals surface area contributed by atoms with E-state index in [2.05, 4.69) is 4.98 Å². The fourth-order valence-electron chi connectivity index (χ4n) is 2.70. The minimum Gasteiger partial charge on any atom is -0.373 e. The number of amides is 1. The van der Waals surface area contributed by atoms with Gasteiger partial charge in [0, 0.05) is 18.7 Å². The molecule has 0 spiro atoms. The Hall–Kier alpha value is -2.35. The number of aliphatic hydroxyl groups is 1. The van der Waals surface area contributed by atoms with Gasteiger partial charge in [0.2, 0.25) is 5.60 Å². The number of nitrogens with zero attached hydrogens (tertiary/aromatic N) is 3. The monoisotopic (exact) mass is 339 g/mol. The molecule has 2 aromatic rings. The third kappa shape index (κ3) is 2.66. The van der Waals surface area contributed by atoms with Crippen molar-refractivity contribution in [2.75, 3.05) is 6.54 Å². The summed E-state index contributed by atoms with van der Waals surface area (Å²) < 4.78 is 40.5. The largest absolute Gasteiger partial charge is 0.426 e. The van der Waals surface area contributed by atoms with E-state index in [1.807, 2.05) is 30.3 Å². The summed E-state index contributed by atoms with van der Waals surface area (Å²) in [6.07, 6.45) is -3.09. The van der Waals surface area contributed by atoms with Crippen molar-refractivity contribution in [2.24, 2.45) is 0 Å². The van der Waals surface area contributed by atoms with Crippen LogP contribution in [0.1, 0.15) is 18.3 Å². The van der Waals surface area contributed by atoms with E-state index in [-0.39, 0.29) is 13.1 Å². The molecule has 0 aliphatic carbocycles. The van der Waals surface area contributed by atoms with Crippen molar-refractivity contribution in [3.05, 3.63) is 48.0 Å². The van der Waals surface area contributed by atoms with E-state index in [1.165, 1.54) is 0 Å². The van der Waals surface area contributed by atoms with Gasteiger partial charge in [-0.05, 0) is 19.1 Å². The molecule has 5 nitrogen and oxygen atoms in total. The average molecular weight is 339 g/mol. The zero-order valence-corrected chi connectivity index (χ0v) is 12.9. The predicted molar refractivity (Wildman–Crippen MR) is 79.4 cm³/mol. The average Bonchev–Trinajstić information content (AvgIpc) is 2.96. The third-order valence-corrected chi connectivity index (χ3v) is 4.20. The van der Waals surface area contributed by atoms with Crippen molar-refractivity contribution in [2.45, 2.75) is 31.7 Å². The van der Waals surface area contributed by atoms with E-state index < -0.39 is 17.7 Å². The molecule has 0 bridgehead atoms. The lowest BCUT2D eigenvalue weighted by Crippen LogP contribution is -2.56. The lowest BCUT2D eigenvalue weighted by Gasteiger charge is -2.34. The minimum absolute atomic E-state index is 0.0324. The number of para-hydroxylation sites is 1. The highest BCUT2D eigenvalue weighted by atomic mass is 19.4. The standard InChI is InChI=1S/C16H16F3N3O2/c1-15(24,16(17,18)19)14(23)21-8-7-12-13(9-21)22(10-20-12)11-5-3-2-4-6-11/h2-6,10,24H,7-9H2,1H3/t15-/m1/s1. The smallest absolute Gasteiger partial charge is 0.373 e. The lowest BCUT2D eigenvalue weighted by molar-refractivity contribution is -0.250. The molecule has 1 N–H and O–H groups in total. The van der Waals surface area contributed by atoms with Crippen LogP contribution in [0.15, 0.2) is 36.7 Å². The number of carbonyl (C=O) groups is 1. The number of hydrogen-bond acceptors (Lipinski definition) is 3. The highest BCUT2D eigenvalue weighted by Gasteiger charge is 2.57. The Bertz CT molecular complexity index is 754. The second kappa shape index (κ2) is 5.62. The number of rotatable bonds is 2. The van der Waals surface area contributed by atoms with E-state index in [0.29, 0.717) is 19.0 Å². The van der Waals surface area contributed by atoms with Gasteiger partial charge in [-0.2, -0.15) is 13.2 Å². The molecule has 2 heterocycles. The summed E-state index contributed by atoms with van der Waals surface area (Å²) in [6, 6.07) is 9.20. The molecular formula is C16H16F3N3O2. The van der Waals surface area contributed by atoms with Crippen molar-refractivity contribution in [1.82, 2.24) is 14.5 Å². The van der Waals surface area contributed by atoms with Crippen LogP contribution in [-0.2, 0) is 17.8 Å². The first-order valence-corrected chi connectivity index (χ1v) is 7.41. The first-order valence-electron chi connectivity index (χ1n) is 7.41. The van der Waals surface area contributed by atoms with Crippen LogP contribution in [-0.4, -0.2) is 43.8 Å². The number of carbonyl (C=O) groups excluding carboxylic acids is 1. The van der Waals surface area contributed by atoms with Crippen LogP contribution < -0.4 is 0 Å². The number of hydrogen-bond donors (Lipinski definition) is 1. The van der Waals surface area contributed by atoms with Crippen LogP contribution >= 0.6 is 0 Å². The maximum Gasteiger partial charge on any atom is 0.426 e. The van der Waals surface area contributed by atoms with Crippen molar-refractivity contribution in [3.63, 3.8) is 0 Å². The van der Waals surface area contributed by atoms with Crippen molar-refractivity contribution in [3.8, 4) is 5.69 Å². The normalized spacial score (nSPS) is 17.3. The van der Waals surface area contributed by atoms with Gasteiger partial charge in [0.25, 0.3) is 5.91 Å². The van der Waals surface area contributed by atoms with Crippen molar-refractivity contribution < 1.29 is 23.1 Å². The molecule has 1 amide bonds. The van der Waals surface area contributed by atoms with E-state index in [4.69, 9.17) is 0 Å². The number of fused-ring (bicyclic) bond motifs is 1. The minimum atomic E-state index is -5.02. The molecule has 1 aliphatic heterocycles. The number of halogens is 3. The molecule has 24 heavy (non-hydrogen) atoms. The fraction of sp³-hybridized carbons (Fsp3) is 0.375. The van der Waals surface area contributed by atoms with Crippen LogP contribution in [0, 0.1) is 0 Å². The van der Waals surface area contributed by atoms with E-state index in [1.54, 1.807) is 10.9 Å². The Labute approximate surface area is 136 Å². The molecule has 0 saturated carbocycles. The van der Waals surface area contributed by atoms with Crippen LogP contribution in [0.3, 0.4) is 0 Å². The van der Waals surface area contributed by atoms with Gasteiger partial charge < -0.3 is 14.6 Å². The molecule has 1 atom stereocenters. The van der Waals surface area contributed by atoms with Gasteiger partial charge in [-0.15, -0.1) is 0 Å². The summed E-state index contributed by atoms with van der Waals surface area (Å²) in [6.45, 7) is 0.540. The van der Waals surface area contributed by atoms with E-state index in [9.17, 15) is 23.1 Å². The SMILES string of the molecule is C[C@@](O)(C(=O)N1CCc2ncn(-c3ccccc3)c2C1)C(F)(F)F. The van der Waals surface area contributed by atoms with Crippen LogP contribution in [0.5, 0.6) is 0 Å². The maximum absolute atomic E-state index is 12.9. The van der Waals surface area contributed by atoms with E-state index in [0.717, 1.165) is 16.3 Å². The molecule has 1 aliphatic rings. The molecule has 128 valence electrons. The Morgan fingerprint density at radius 2 is 1.92 bits per heavy atom. The number of imidazole rings is 1. The van der Waals surface area contributed by atoms with Crippen molar-refractivity contribution >= 4 is 5.91 Å². The zero-order valence-electron chi connectivity index (χ0n) is 12.9. The summed E-state index contributed by atoms with van der Waals surface area (Å²) >= 11 is 0. The number of benzene rings is 1. The highest BCUT2D eigenvalue weighted by molar-refractivity contribution is 5.85. The summed E-state index contributed by atoms with van der Waals surface area (Å²) in [7, 11) is 0. The first-order chi connectivity index (χ1) is 11.2. The number of aromatic nitrogens is 2. The molecule has 0 saturated heterocycles. The highest BCUT2D eigenvalue weighted by Crippen LogP contribution is 2.33. The fourth-order valence-corrected chi connectivity index (χ4v) is 2.70. The Kier molecular flexibility index (Phi) is 3.87. The molecule has 3 rings (SSSR count). The quantitative estimate of drug-likeness (QED) is 0.911.